The standard InChI is InChI=1S/C16H13F6N3O3/c1-25(11-6-4-3-5-9(11)13(26)27-2)14-23-7-10(16(20,21)22)12(24-14)28-8-15(17,18)19/h3-7H,8H2,1-2H3. The number of hydrogen-bond donors (Lipinski definition) is 0. The minimum Gasteiger partial charge on any atom is -0.467 e. The molecular formula is C16H13F6N3O3. The molecule has 152 valence electrons. The van der Waals surface area contributed by atoms with E-state index in [0.717, 1.165) is 12.0 Å². The van der Waals surface area contributed by atoms with E-state index >= 15 is 0 Å². The second kappa shape index (κ2) is 7.90. The van der Waals surface area contributed by atoms with Crippen LogP contribution in [0.5, 0.6) is 5.88 Å². The number of aromatic nitrogens is 2. The van der Waals surface area contributed by atoms with Gasteiger partial charge in [-0.25, -0.2) is 9.78 Å². The first-order valence-electron chi connectivity index (χ1n) is 7.49. The molecule has 0 amide bonds. The third-order valence-electron chi connectivity index (χ3n) is 3.39. The van der Waals surface area contributed by atoms with Gasteiger partial charge in [0.05, 0.1) is 18.4 Å². The van der Waals surface area contributed by atoms with Crippen LogP contribution in [0.2, 0.25) is 0 Å². The fraction of sp³-hybridized carbons (Fsp3) is 0.312. The molecule has 0 unspecified atom stereocenters. The molecule has 28 heavy (non-hydrogen) atoms. The zero-order valence-corrected chi connectivity index (χ0v) is 14.4. The molecule has 0 saturated carbocycles. The summed E-state index contributed by atoms with van der Waals surface area (Å²) in [5, 5.41) is 0. The van der Waals surface area contributed by atoms with Crippen LogP contribution in [0.4, 0.5) is 38.0 Å². The number of carbonyl (C=O) groups is 1. The molecule has 0 bridgehead atoms. The minimum atomic E-state index is -5.03. The number of methoxy groups -OCH3 is 1. The SMILES string of the molecule is COC(=O)c1ccccc1N(C)c1ncc(C(F)(F)F)c(OCC(F)(F)F)n1. The van der Waals surface area contributed by atoms with Gasteiger partial charge in [0.25, 0.3) is 0 Å². The highest BCUT2D eigenvalue weighted by Crippen LogP contribution is 2.37. The summed E-state index contributed by atoms with van der Waals surface area (Å²) in [5.74, 6) is -2.43. The summed E-state index contributed by atoms with van der Waals surface area (Å²) in [5.41, 5.74) is -1.35. The summed E-state index contributed by atoms with van der Waals surface area (Å²) >= 11 is 0. The first-order valence-corrected chi connectivity index (χ1v) is 7.49. The van der Waals surface area contributed by atoms with Crippen LogP contribution in [0.1, 0.15) is 15.9 Å². The predicted molar refractivity (Wildman–Crippen MR) is 84.4 cm³/mol. The van der Waals surface area contributed by atoms with E-state index in [2.05, 4.69) is 19.4 Å². The molecule has 6 nitrogen and oxygen atoms in total. The monoisotopic (exact) mass is 409 g/mol. The maximum Gasteiger partial charge on any atom is 0.423 e. The molecule has 2 aromatic rings. The zero-order chi connectivity index (χ0) is 21.1. The van der Waals surface area contributed by atoms with Gasteiger partial charge in [-0.2, -0.15) is 31.3 Å². The Hall–Kier alpha value is -3.05. The summed E-state index contributed by atoms with van der Waals surface area (Å²) in [7, 11) is 2.45. The lowest BCUT2D eigenvalue weighted by molar-refractivity contribution is -0.159. The van der Waals surface area contributed by atoms with E-state index in [1.54, 1.807) is 0 Å². The van der Waals surface area contributed by atoms with Gasteiger partial charge >= 0.3 is 18.3 Å². The van der Waals surface area contributed by atoms with Crippen molar-refractivity contribution in [2.24, 2.45) is 0 Å². The van der Waals surface area contributed by atoms with Crippen LogP contribution in [-0.2, 0) is 10.9 Å². The zero-order valence-electron chi connectivity index (χ0n) is 14.4. The number of hydrogen-bond acceptors (Lipinski definition) is 6. The fourth-order valence-corrected chi connectivity index (χ4v) is 2.13. The number of rotatable bonds is 5. The minimum absolute atomic E-state index is 0.0498. The van der Waals surface area contributed by atoms with Gasteiger partial charge in [-0.1, -0.05) is 12.1 Å². The van der Waals surface area contributed by atoms with E-state index in [1.807, 2.05) is 0 Å². The third kappa shape index (κ3) is 5.02. The Morgan fingerprint density at radius 3 is 2.36 bits per heavy atom. The molecule has 0 spiro atoms. The second-order valence-electron chi connectivity index (χ2n) is 5.36. The molecule has 0 fully saturated rings. The lowest BCUT2D eigenvalue weighted by atomic mass is 10.1. The number of alkyl halides is 6. The van der Waals surface area contributed by atoms with Crippen molar-refractivity contribution in [3.63, 3.8) is 0 Å². The van der Waals surface area contributed by atoms with Crippen molar-refractivity contribution in [3.05, 3.63) is 41.6 Å². The van der Waals surface area contributed by atoms with E-state index in [-0.39, 0.29) is 11.3 Å². The van der Waals surface area contributed by atoms with Gasteiger partial charge in [-0.3, -0.25) is 0 Å². The van der Waals surface area contributed by atoms with Crippen LogP contribution >= 0.6 is 0 Å². The first kappa shape index (κ1) is 21.3. The number of para-hydroxylation sites is 1. The molecule has 1 aromatic heterocycles. The molecule has 0 atom stereocenters. The lowest BCUT2D eigenvalue weighted by Gasteiger charge is -2.21. The van der Waals surface area contributed by atoms with Gasteiger partial charge in [0.1, 0.15) is 5.56 Å². The number of ether oxygens (including phenoxy) is 2. The highest BCUT2D eigenvalue weighted by molar-refractivity contribution is 5.96. The number of esters is 1. The molecule has 0 aliphatic rings. The normalized spacial score (nSPS) is 11.9. The summed E-state index contributed by atoms with van der Waals surface area (Å²) < 4.78 is 85.0. The van der Waals surface area contributed by atoms with Crippen molar-refractivity contribution >= 4 is 17.6 Å². The van der Waals surface area contributed by atoms with Gasteiger partial charge < -0.3 is 14.4 Å². The Morgan fingerprint density at radius 1 is 1.14 bits per heavy atom. The number of nitrogens with zero attached hydrogens (tertiary/aromatic N) is 3. The smallest absolute Gasteiger partial charge is 0.423 e. The Labute approximate surface area is 154 Å². The van der Waals surface area contributed by atoms with E-state index < -0.39 is 42.3 Å². The number of benzene rings is 1. The topological polar surface area (TPSA) is 64.5 Å². The quantitative estimate of drug-likeness (QED) is 0.550. The van der Waals surface area contributed by atoms with Gasteiger partial charge in [-0.05, 0) is 12.1 Å². The van der Waals surface area contributed by atoms with E-state index in [1.165, 1.54) is 31.3 Å². The van der Waals surface area contributed by atoms with Gasteiger partial charge in [0.15, 0.2) is 6.61 Å². The van der Waals surface area contributed by atoms with Crippen LogP contribution in [-0.4, -0.2) is 42.9 Å². The molecular weight excluding hydrogens is 396 g/mol. The van der Waals surface area contributed by atoms with E-state index in [0.29, 0.717) is 6.20 Å². The third-order valence-corrected chi connectivity index (χ3v) is 3.39. The first-order chi connectivity index (χ1) is 12.9. The molecule has 0 aliphatic heterocycles. The Balaban J connectivity index is 2.48. The maximum absolute atomic E-state index is 13.0. The largest absolute Gasteiger partial charge is 0.467 e. The van der Waals surface area contributed by atoms with Crippen molar-refractivity contribution in [1.29, 1.82) is 0 Å². The molecule has 2 rings (SSSR count). The van der Waals surface area contributed by atoms with Crippen LogP contribution in [0.3, 0.4) is 0 Å². The predicted octanol–water partition coefficient (Wildman–Crippen LogP) is 3.99. The van der Waals surface area contributed by atoms with Gasteiger partial charge in [0, 0.05) is 13.2 Å². The fourth-order valence-electron chi connectivity index (χ4n) is 2.13. The van der Waals surface area contributed by atoms with Crippen LogP contribution in [0, 0.1) is 0 Å². The summed E-state index contributed by atoms with van der Waals surface area (Å²) in [6, 6.07) is 5.88. The molecule has 0 aliphatic carbocycles. The maximum atomic E-state index is 13.0. The molecule has 0 saturated heterocycles. The Bertz CT molecular complexity index is 854. The van der Waals surface area contributed by atoms with Gasteiger partial charge in [-0.15, -0.1) is 0 Å². The van der Waals surface area contributed by atoms with Crippen molar-refractivity contribution < 1.29 is 40.6 Å². The van der Waals surface area contributed by atoms with Crippen molar-refractivity contribution in [2.75, 3.05) is 25.7 Å². The van der Waals surface area contributed by atoms with Crippen molar-refractivity contribution in [1.82, 2.24) is 9.97 Å². The number of carbonyl (C=O) groups excluding carboxylic acids is 1. The van der Waals surface area contributed by atoms with Crippen molar-refractivity contribution in [3.8, 4) is 5.88 Å². The number of anilines is 2. The second-order valence-corrected chi connectivity index (χ2v) is 5.36. The molecule has 0 radical (unpaired) electrons. The summed E-state index contributed by atoms with van der Waals surface area (Å²) in [4.78, 5) is 20.0. The molecule has 1 heterocycles. The highest BCUT2D eigenvalue weighted by Gasteiger charge is 2.38. The van der Waals surface area contributed by atoms with E-state index in [4.69, 9.17) is 0 Å². The van der Waals surface area contributed by atoms with E-state index in [9.17, 15) is 31.1 Å². The average molecular weight is 409 g/mol. The van der Waals surface area contributed by atoms with Crippen LogP contribution < -0.4 is 9.64 Å². The molecule has 0 N–H and O–H groups in total. The van der Waals surface area contributed by atoms with Gasteiger partial charge in [0.2, 0.25) is 11.8 Å². The van der Waals surface area contributed by atoms with Crippen LogP contribution in [0.15, 0.2) is 30.5 Å². The summed E-state index contributed by atoms with van der Waals surface area (Å²) in [6.45, 7) is -1.96. The Morgan fingerprint density at radius 2 is 1.79 bits per heavy atom. The lowest BCUT2D eigenvalue weighted by Crippen LogP contribution is -2.23. The summed E-state index contributed by atoms with van der Waals surface area (Å²) in [6.07, 6.45) is -9.58. The molecule has 1 aromatic carbocycles. The van der Waals surface area contributed by atoms with Crippen molar-refractivity contribution in [2.45, 2.75) is 12.4 Å². The molecule has 12 heteroatoms. The highest BCUT2D eigenvalue weighted by atomic mass is 19.4. The number of halogens is 6. The Kier molecular flexibility index (Phi) is 6.00. The van der Waals surface area contributed by atoms with Crippen LogP contribution in [0.25, 0.3) is 0 Å². The average Bonchev–Trinajstić information content (AvgIpc) is 2.63.